The van der Waals surface area contributed by atoms with Crippen molar-refractivity contribution in [3.63, 3.8) is 0 Å². The second-order valence-electron chi connectivity index (χ2n) is 17.9. The number of esters is 1. The fourth-order valence-electron chi connectivity index (χ4n) is 9.46. The van der Waals surface area contributed by atoms with E-state index in [-0.39, 0.29) is 18.0 Å². The van der Waals surface area contributed by atoms with Crippen molar-refractivity contribution in [1.82, 2.24) is 5.32 Å². The minimum atomic E-state index is -0.691. The number of hydrogen-bond donors (Lipinski definition) is 3. The molecule has 65 heavy (non-hydrogen) atoms. The molecule has 0 saturated carbocycles. The van der Waals surface area contributed by atoms with Gasteiger partial charge in [-0.05, 0) is 112 Å². The van der Waals surface area contributed by atoms with Crippen LogP contribution in [0.25, 0.3) is 21.5 Å². The Morgan fingerprint density at radius 3 is 2.15 bits per heavy atom. The minimum Gasteiger partial charge on any atom is -0.461 e. The Balaban J connectivity index is 0.764. The lowest BCUT2D eigenvalue weighted by Gasteiger charge is -2.38. The highest BCUT2D eigenvalue weighted by Gasteiger charge is 2.39. The molecule has 10 nitrogen and oxygen atoms in total. The number of azo groups is 2. The summed E-state index contributed by atoms with van der Waals surface area (Å²) in [6, 6.07) is 40.5. The summed E-state index contributed by atoms with van der Waals surface area (Å²) in [6.45, 7) is 10.9. The quantitative estimate of drug-likeness (QED) is 0.0538. The molecule has 330 valence electrons. The van der Waals surface area contributed by atoms with Gasteiger partial charge in [0.2, 0.25) is 0 Å². The van der Waals surface area contributed by atoms with E-state index in [0.717, 1.165) is 101 Å². The molecule has 0 fully saturated rings. The summed E-state index contributed by atoms with van der Waals surface area (Å²) >= 11 is 0. The summed E-state index contributed by atoms with van der Waals surface area (Å²) in [5.41, 5.74) is 10.9. The van der Waals surface area contributed by atoms with E-state index >= 15 is 0 Å². The summed E-state index contributed by atoms with van der Waals surface area (Å²) in [7, 11) is 0. The maximum Gasteiger partial charge on any atom is 0.305 e. The van der Waals surface area contributed by atoms with Crippen LogP contribution in [0.3, 0.4) is 0 Å². The van der Waals surface area contributed by atoms with Gasteiger partial charge in [0.1, 0.15) is 12.3 Å². The Morgan fingerprint density at radius 1 is 0.723 bits per heavy atom. The van der Waals surface area contributed by atoms with Gasteiger partial charge in [-0.3, -0.25) is 4.79 Å². The fraction of sp³-hybridized carbons (Fsp3) is 0.291. The lowest BCUT2D eigenvalue weighted by Crippen LogP contribution is -2.49. The van der Waals surface area contributed by atoms with Crippen molar-refractivity contribution in [3.8, 4) is 0 Å². The molecule has 0 bridgehead atoms. The zero-order valence-electron chi connectivity index (χ0n) is 37.9. The summed E-state index contributed by atoms with van der Waals surface area (Å²) in [5, 5.41) is 33.2. The van der Waals surface area contributed by atoms with E-state index in [1.54, 1.807) is 0 Å². The normalized spacial score (nSPS) is 18.9. The third-order valence-electron chi connectivity index (χ3n) is 12.8. The second kappa shape index (κ2) is 19.0. The SMILES string of the molecule is CCN1/C(=C/C=C2\CCCC=C2NCCCCCC(=O)OCC2(C)Nc3cccc4c(/N=N/c5ccc(/N=N/c6ccccc6)c6ccccc56)ccc(c34)N2)C(C)(C)c2ccccc21. The molecule has 0 radical (unpaired) electrons. The Hall–Kier alpha value is -7.07. The van der Waals surface area contributed by atoms with Crippen molar-refractivity contribution in [1.29, 1.82) is 0 Å². The Kier molecular flexibility index (Phi) is 12.6. The molecule has 0 saturated heterocycles. The van der Waals surface area contributed by atoms with Gasteiger partial charge < -0.3 is 25.6 Å². The van der Waals surface area contributed by atoms with Crippen LogP contribution in [0, 0.1) is 0 Å². The lowest BCUT2D eigenvalue weighted by atomic mass is 9.83. The molecule has 10 heteroatoms. The van der Waals surface area contributed by atoms with E-state index in [4.69, 9.17) is 15.0 Å². The first-order chi connectivity index (χ1) is 31.7. The van der Waals surface area contributed by atoms with Gasteiger partial charge in [0.15, 0.2) is 0 Å². The smallest absolute Gasteiger partial charge is 0.305 e. The van der Waals surface area contributed by atoms with Crippen LogP contribution in [-0.2, 0) is 14.9 Å². The van der Waals surface area contributed by atoms with E-state index in [0.29, 0.717) is 6.42 Å². The molecule has 0 aromatic heterocycles. The molecule has 0 amide bonds. The number of fused-ring (bicyclic) bond motifs is 2. The summed E-state index contributed by atoms with van der Waals surface area (Å²) in [4.78, 5) is 15.5. The van der Waals surface area contributed by atoms with E-state index in [1.165, 1.54) is 34.6 Å². The zero-order chi connectivity index (χ0) is 44.8. The van der Waals surface area contributed by atoms with Crippen LogP contribution in [0.1, 0.15) is 78.2 Å². The first kappa shape index (κ1) is 43.2. The third-order valence-corrected chi connectivity index (χ3v) is 12.8. The first-order valence-electron chi connectivity index (χ1n) is 23.1. The Morgan fingerprint density at radius 2 is 1.38 bits per heavy atom. The second-order valence-corrected chi connectivity index (χ2v) is 17.9. The standard InChI is InChI=1S/C55H58N8O2/c1-5-63-50-28-16-14-25-43(50)54(2,3)51(63)35-30-38-19-11-15-26-44(38)56-36-17-7-10-29-52(64)65-37-55(4)57-48-27-18-24-42-47(33-34-49(58-55)53(42)48)62-61-46-32-31-45(40-22-12-13-23-41(40)46)60-59-39-20-8-6-9-21-39/h6,8-9,12-14,16,18,20-28,30-35,56-58H,5,7,10-11,15,17,19,29,36-37H2,1-4H3/b38-30+,51-35+,60-59+,62-61+. The van der Waals surface area contributed by atoms with E-state index in [2.05, 4.69) is 100 Å². The number of unbranched alkanes of at least 4 members (excludes halogenated alkanes) is 2. The van der Waals surface area contributed by atoms with Crippen LogP contribution < -0.4 is 20.9 Å². The monoisotopic (exact) mass is 862 g/mol. The highest BCUT2D eigenvalue weighted by molar-refractivity contribution is 6.10. The van der Waals surface area contributed by atoms with Crippen molar-refractivity contribution in [2.24, 2.45) is 20.5 Å². The molecule has 1 unspecified atom stereocenters. The number of nitrogens with zero attached hydrogens (tertiary/aromatic N) is 5. The highest BCUT2D eigenvalue weighted by Crippen LogP contribution is 2.48. The van der Waals surface area contributed by atoms with Gasteiger partial charge >= 0.3 is 5.97 Å². The van der Waals surface area contributed by atoms with Crippen LogP contribution in [0.2, 0.25) is 0 Å². The number of hydrogen-bond acceptors (Lipinski definition) is 10. The molecule has 2 heterocycles. The van der Waals surface area contributed by atoms with Gasteiger partial charge in [-0.2, -0.15) is 5.11 Å². The van der Waals surface area contributed by atoms with Crippen molar-refractivity contribution in [2.75, 3.05) is 35.2 Å². The Labute approximate surface area is 382 Å². The van der Waals surface area contributed by atoms with Crippen LogP contribution in [-0.4, -0.2) is 31.3 Å². The molecule has 6 aromatic rings. The first-order valence-corrected chi connectivity index (χ1v) is 23.1. The molecule has 2 aliphatic heterocycles. The molecular weight excluding hydrogens is 805 g/mol. The molecular formula is C55H58N8O2. The van der Waals surface area contributed by atoms with Crippen molar-refractivity contribution in [3.05, 3.63) is 162 Å². The minimum absolute atomic E-state index is 0.0396. The third kappa shape index (κ3) is 9.30. The zero-order valence-corrected chi connectivity index (χ0v) is 37.9. The molecule has 3 N–H and O–H groups in total. The number of carbonyl (C=O) groups is 1. The van der Waals surface area contributed by atoms with Crippen LogP contribution in [0.15, 0.2) is 177 Å². The maximum atomic E-state index is 13.0. The van der Waals surface area contributed by atoms with Crippen LogP contribution in [0.5, 0.6) is 0 Å². The molecule has 1 aliphatic carbocycles. The Bertz CT molecular complexity index is 2860. The highest BCUT2D eigenvalue weighted by atomic mass is 16.5. The van der Waals surface area contributed by atoms with Crippen molar-refractivity contribution in [2.45, 2.75) is 83.7 Å². The summed E-state index contributed by atoms with van der Waals surface area (Å²) in [5.74, 6) is -0.186. The van der Waals surface area contributed by atoms with Gasteiger partial charge in [0.25, 0.3) is 0 Å². The molecule has 6 aromatic carbocycles. The predicted molar refractivity (Wildman–Crippen MR) is 266 cm³/mol. The van der Waals surface area contributed by atoms with Gasteiger partial charge in [-0.25, -0.2) is 0 Å². The number of ether oxygens (including phenoxy) is 1. The number of rotatable bonds is 15. The van der Waals surface area contributed by atoms with Crippen LogP contribution in [0.4, 0.5) is 39.8 Å². The van der Waals surface area contributed by atoms with Crippen LogP contribution >= 0.6 is 0 Å². The predicted octanol–water partition coefficient (Wildman–Crippen LogP) is 14.8. The van der Waals surface area contributed by atoms with Gasteiger partial charge in [0, 0.05) is 74.9 Å². The van der Waals surface area contributed by atoms with E-state index in [9.17, 15) is 4.79 Å². The number of likely N-dealkylation sites (N-methyl/N-ethyl adjacent to an activating group) is 1. The number of para-hydroxylation sites is 1. The number of anilines is 3. The van der Waals surface area contributed by atoms with Gasteiger partial charge in [-0.1, -0.05) is 105 Å². The van der Waals surface area contributed by atoms with Crippen molar-refractivity contribution < 1.29 is 9.53 Å². The van der Waals surface area contributed by atoms with E-state index in [1.807, 2.05) is 97.9 Å². The van der Waals surface area contributed by atoms with Gasteiger partial charge in [0.05, 0.1) is 22.7 Å². The number of carbonyl (C=O) groups excluding carboxylic acids is 1. The fourth-order valence-corrected chi connectivity index (χ4v) is 9.46. The molecule has 1 atom stereocenters. The average Bonchev–Trinajstić information content (AvgIpc) is 3.55. The summed E-state index contributed by atoms with van der Waals surface area (Å²) < 4.78 is 5.87. The largest absolute Gasteiger partial charge is 0.461 e. The van der Waals surface area contributed by atoms with E-state index < -0.39 is 5.66 Å². The van der Waals surface area contributed by atoms with Crippen molar-refractivity contribution >= 4 is 67.3 Å². The average molecular weight is 863 g/mol. The maximum absolute atomic E-state index is 13.0. The van der Waals surface area contributed by atoms with Gasteiger partial charge in [-0.15, -0.1) is 15.3 Å². The number of allylic oxidation sites excluding steroid dienone is 5. The lowest BCUT2D eigenvalue weighted by molar-refractivity contribution is -0.144. The number of nitrogens with one attached hydrogen (secondary N) is 3. The molecule has 0 spiro atoms. The topological polar surface area (TPSA) is 115 Å². The summed E-state index contributed by atoms with van der Waals surface area (Å²) in [6.07, 6.45) is 13.5. The number of benzene rings is 6. The molecule has 9 rings (SSSR count). The molecule has 3 aliphatic rings.